The van der Waals surface area contributed by atoms with E-state index in [2.05, 4.69) is 42.4 Å². The Kier molecular flexibility index (Phi) is 2.69. The Bertz CT molecular complexity index is 896. The van der Waals surface area contributed by atoms with E-state index in [0.29, 0.717) is 6.04 Å². The van der Waals surface area contributed by atoms with Crippen LogP contribution in [0.4, 0.5) is 0 Å². The molecule has 5 heterocycles. The van der Waals surface area contributed by atoms with E-state index in [1.165, 1.54) is 27.7 Å². The Labute approximate surface area is 141 Å². The number of para-hydroxylation sites is 1. The highest BCUT2D eigenvalue weighted by Crippen LogP contribution is 2.57. The second kappa shape index (κ2) is 4.51. The first kappa shape index (κ1) is 14.3. The van der Waals surface area contributed by atoms with Crippen LogP contribution in [0.1, 0.15) is 30.6 Å². The zero-order valence-electron chi connectivity index (χ0n) is 14.1. The van der Waals surface area contributed by atoms with Gasteiger partial charge in [0, 0.05) is 29.7 Å². The van der Waals surface area contributed by atoms with Crippen molar-refractivity contribution in [3.63, 3.8) is 0 Å². The molecule has 124 valence electrons. The highest BCUT2D eigenvalue weighted by Gasteiger charge is 2.62. The molecule has 4 nitrogen and oxygen atoms in total. The number of aliphatic carboxylic acids is 1. The van der Waals surface area contributed by atoms with Crippen molar-refractivity contribution in [2.75, 3.05) is 13.6 Å². The van der Waals surface area contributed by atoms with Gasteiger partial charge in [0.2, 0.25) is 0 Å². The zero-order chi connectivity index (χ0) is 16.6. The number of nitrogens with zero attached hydrogens (tertiary/aromatic N) is 1. The van der Waals surface area contributed by atoms with Crippen LogP contribution in [0.2, 0.25) is 0 Å². The van der Waals surface area contributed by atoms with Crippen LogP contribution in [-0.2, 0) is 11.2 Å². The lowest BCUT2D eigenvalue weighted by molar-refractivity contribution is -0.977. The molecule has 1 aromatic carbocycles. The summed E-state index contributed by atoms with van der Waals surface area (Å²) in [6.45, 7) is 3.01. The van der Waals surface area contributed by atoms with Crippen LogP contribution in [0, 0.1) is 11.8 Å². The van der Waals surface area contributed by atoms with E-state index in [-0.39, 0.29) is 17.9 Å². The van der Waals surface area contributed by atoms with Crippen molar-refractivity contribution in [2.45, 2.75) is 31.8 Å². The predicted octanol–water partition coefficient (Wildman–Crippen LogP) is 1.93. The first-order chi connectivity index (χ1) is 11.5. The largest absolute Gasteiger partial charge is 0.550 e. The smallest absolute Gasteiger partial charge is 0.131 e. The Balaban J connectivity index is 1.75. The van der Waals surface area contributed by atoms with Crippen molar-refractivity contribution in [2.24, 2.45) is 11.8 Å². The molecule has 4 heteroatoms. The topological polar surface area (TPSA) is 55.9 Å². The Morgan fingerprint density at radius 3 is 2.92 bits per heavy atom. The fourth-order valence-electron chi connectivity index (χ4n) is 5.92. The average molecular weight is 322 g/mol. The number of benzene rings is 1. The monoisotopic (exact) mass is 322 g/mol. The number of carboxylic acids is 1. The van der Waals surface area contributed by atoms with Crippen LogP contribution in [0.3, 0.4) is 0 Å². The Hall–Kier alpha value is -2.07. The van der Waals surface area contributed by atoms with Crippen LogP contribution in [0.25, 0.3) is 10.9 Å². The van der Waals surface area contributed by atoms with E-state index in [0.717, 1.165) is 23.9 Å². The number of hydrogen-bond donors (Lipinski definition) is 1. The third-order valence-electron chi connectivity index (χ3n) is 7.03. The molecule has 1 aromatic heterocycles. The van der Waals surface area contributed by atoms with Gasteiger partial charge in [-0.05, 0) is 24.1 Å². The second-order valence-electron chi connectivity index (χ2n) is 7.91. The van der Waals surface area contributed by atoms with Crippen LogP contribution in [-0.4, -0.2) is 35.1 Å². The number of piperidine rings is 3. The van der Waals surface area contributed by atoms with Crippen LogP contribution in [0.15, 0.2) is 35.9 Å². The highest BCUT2D eigenvalue weighted by molar-refractivity contribution is 5.85. The fraction of sp³-hybridized carbons (Fsp3) is 0.450. The first-order valence-electron chi connectivity index (χ1n) is 8.85. The first-order valence-corrected chi connectivity index (χ1v) is 8.85. The normalized spacial score (nSPS) is 38.5. The van der Waals surface area contributed by atoms with E-state index >= 15 is 0 Å². The quantitative estimate of drug-likeness (QED) is 0.644. The van der Waals surface area contributed by atoms with Gasteiger partial charge in [-0.1, -0.05) is 24.3 Å². The minimum Gasteiger partial charge on any atom is -0.550 e. The molecule has 3 unspecified atom stereocenters. The summed E-state index contributed by atoms with van der Waals surface area (Å²) in [5.41, 5.74) is 5.16. The molecule has 1 N–H and O–H groups in total. The molecule has 4 aliphatic rings. The maximum Gasteiger partial charge on any atom is 0.131 e. The summed E-state index contributed by atoms with van der Waals surface area (Å²) in [6, 6.07) is 8.90. The van der Waals surface area contributed by atoms with Crippen LogP contribution < -0.4 is 5.11 Å². The summed E-state index contributed by atoms with van der Waals surface area (Å²) in [6.07, 6.45) is 3.88. The van der Waals surface area contributed by atoms with Crippen LogP contribution >= 0.6 is 0 Å². The van der Waals surface area contributed by atoms with Crippen molar-refractivity contribution in [3.05, 3.63) is 47.2 Å². The Morgan fingerprint density at radius 1 is 1.38 bits per heavy atom. The van der Waals surface area contributed by atoms with E-state index in [4.69, 9.17) is 0 Å². The number of carbonyl (C=O) groups excluding carboxylic acids is 1. The molecule has 4 bridgehead atoms. The maximum atomic E-state index is 12.0. The number of likely N-dealkylation sites (N-methyl/N-ethyl adjacent to an activating group) is 1. The summed E-state index contributed by atoms with van der Waals surface area (Å²) < 4.78 is 0.814. The van der Waals surface area contributed by atoms with Crippen molar-refractivity contribution in [1.29, 1.82) is 0 Å². The molecular weight excluding hydrogens is 300 g/mol. The van der Waals surface area contributed by atoms with E-state index < -0.39 is 5.97 Å². The van der Waals surface area contributed by atoms with E-state index in [1.54, 1.807) is 0 Å². The number of quaternary nitrogens is 1. The molecule has 3 saturated heterocycles. The molecule has 6 rings (SSSR count). The molecule has 3 fully saturated rings. The van der Waals surface area contributed by atoms with Gasteiger partial charge >= 0.3 is 0 Å². The molecule has 24 heavy (non-hydrogen) atoms. The number of aromatic amines is 1. The number of hydrogen-bond acceptors (Lipinski definition) is 2. The van der Waals surface area contributed by atoms with Crippen molar-refractivity contribution < 1.29 is 14.4 Å². The van der Waals surface area contributed by atoms with Gasteiger partial charge in [-0.15, -0.1) is 0 Å². The number of H-pyrrole nitrogens is 1. The number of carbonyl (C=O) groups is 1. The highest BCUT2D eigenvalue weighted by atomic mass is 16.4. The van der Waals surface area contributed by atoms with Gasteiger partial charge in [0.15, 0.2) is 0 Å². The van der Waals surface area contributed by atoms with E-state index in [9.17, 15) is 9.90 Å². The third kappa shape index (κ3) is 1.55. The summed E-state index contributed by atoms with van der Waals surface area (Å²) in [7, 11) is 2.25. The summed E-state index contributed by atoms with van der Waals surface area (Å²) in [5.74, 6) is -1.10. The Morgan fingerprint density at radius 2 is 2.17 bits per heavy atom. The number of fused-ring (bicyclic) bond motifs is 4. The van der Waals surface area contributed by atoms with Gasteiger partial charge in [-0.25, -0.2) is 0 Å². The molecule has 5 atom stereocenters. The van der Waals surface area contributed by atoms with Gasteiger partial charge in [0.1, 0.15) is 18.6 Å². The third-order valence-corrected chi connectivity index (χ3v) is 7.03. The van der Waals surface area contributed by atoms with Crippen molar-refractivity contribution in [1.82, 2.24) is 4.98 Å². The number of rotatable bonds is 1. The fourth-order valence-corrected chi connectivity index (χ4v) is 5.92. The SMILES string of the molecule is C/C=C1/C[N+]2(C)C3Cc4c([nH]c5ccccc45)[C@@H]2C[C@@H]1C3C(=O)[O-]. The van der Waals surface area contributed by atoms with Gasteiger partial charge < -0.3 is 19.4 Å². The van der Waals surface area contributed by atoms with Gasteiger partial charge in [-0.2, -0.15) is 0 Å². The molecule has 0 aliphatic carbocycles. The van der Waals surface area contributed by atoms with Gasteiger partial charge in [-0.3, -0.25) is 0 Å². The molecule has 0 radical (unpaired) electrons. The number of carboxylic acid groups (broad SMARTS) is 1. The molecule has 2 aromatic rings. The van der Waals surface area contributed by atoms with Crippen molar-refractivity contribution >= 4 is 16.9 Å². The standard InChI is InChI=1S/C20H22N2O2/c1-3-11-10-22(2)16-9-14-12-6-4-5-7-15(12)21-19(14)17(22)8-13(11)18(16)20(23)24/h3-7,13,16-18,21H,8-10H2,1-2H3/b11-3-/t13-,16?,17-,18?,22?/m0/s1. The second-order valence-corrected chi connectivity index (χ2v) is 7.91. The maximum absolute atomic E-state index is 12.0. The molecular formula is C20H22N2O2. The van der Waals surface area contributed by atoms with Gasteiger partial charge in [0.25, 0.3) is 0 Å². The minimum absolute atomic E-state index is 0.120. The summed E-state index contributed by atoms with van der Waals surface area (Å²) in [4.78, 5) is 15.7. The number of allylic oxidation sites excluding steroid dienone is 1. The predicted molar refractivity (Wildman–Crippen MR) is 89.9 cm³/mol. The van der Waals surface area contributed by atoms with Crippen LogP contribution in [0.5, 0.6) is 0 Å². The summed E-state index contributed by atoms with van der Waals surface area (Å²) >= 11 is 0. The number of nitrogens with one attached hydrogen (secondary N) is 1. The summed E-state index contributed by atoms with van der Waals surface area (Å²) in [5, 5.41) is 13.3. The average Bonchev–Trinajstić information content (AvgIpc) is 2.92. The lowest BCUT2D eigenvalue weighted by Crippen LogP contribution is -2.72. The van der Waals surface area contributed by atoms with E-state index in [1.807, 2.05) is 6.92 Å². The van der Waals surface area contributed by atoms with Gasteiger partial charge in [0.05, 0.1) is 24.6 Å². The lowest BCUT2D eigenvalue weighted by atomic mass is 9.62. The van der Waals surface area contributed by atoms with Crippen molar-refractivity contribution in [3.8, 4) is 0 Å². The lowest BCUT2D eigenvalue weighted by Gasteiger charge is -2.63. The molecule has 0 saturated carbocycles. The molecule has 0 spiro atoms. The zero-order valence-corrected chi connectivity index (χ0v) is 14.1. The minimum atomic E-state index is -0.866. The molecule has 0 amide bonds. The number of aromatic nitrogens is 1. The molecule has 4 aliphatic heterocycles.